The Balaban J connectivity index is 1.08. The fourth-order valence-corrected chi connectivity index (χ4v) is 14.4. The van der Waals surface area contributed by atoms with Gasteiger partial charge in [-0.1, -0.05) is 0 Å². The van der Waals surface area contributed by atoms with E-state index in [0.717, 1.165) is 34.8 Å². The van der Waals surface area contributed by atoms with Crippen LogP contribution in [0, 0.1) is 0 Å². The minimum atomic E-state index is -2.47. The smallest absolute Gasteiger partial charge is 0.217 e. The van der Waals surface area contributed by atoms with Crippen molar-refractivity contribution in [1.82, 2.24) is 21.3 Å². The summed E-state index contributed by atoms with van der Waals surface area (Å²) in [6.07, 6.45) is -82.0. The number of carbonyl (C=O) groups is 4. The number of rotatable bonds is 29. The zero-order chi connectivity index (χ0) is 81.6. The maximum atomic E-state index is 13.3. The van der Waals surface area contributed by atoms with Crippen molar-refractivity contribution in [1.29, 1.82) is 0 Å². The Kier molecular flexibility index (Phi) is 32.9. The third kappa shape index (κ3) is 20.3. The fraction of sp³-hybridized carbons (Fsp3) is 0.935. The molecule has 9 aliphatic rings. The standard InChI is InChI=1S/C62H104N4O45/c1-15(74)63-28-38(85)46(24(10-71)97-54(28)93)105-55-29(64-16(2)75)40(87)48(26(12-73)102-55)107-62-53(111-59-43(90)32(79)19(78)13-95-59)51(37(84)27(104-62)14-96-58-44(91)41(88)33(80)20(6-67)99-58)109-61-52(42(89)34(81)21(7-68)101-61)110-56-30(65-17(3)76)39(86)47(25(11-72)103-56)106-57-31(66-18(4)77)49(35(82)22(8-69)98-57)108-60-45(92)50(94-5)36(83)23(9-70)100-60/h19-62,67-73,78-93H,6-14H2,1-5H3,(H,63,74)(H,64,75)(H,65,76)(H,66,77)/t19-,20-,21-,22-,23-,24-,25-,26-,27-,28-,29-,30-,31-,32+,33-,34-,35+,36+,37-,38-,39-,40-,41+,42+,43-,44+,45-,46-,47-,48-,49-,50+,51+,52+,53+,54?,55+,56+,57+,58+,59+,60+,61-,62+/m1/s1. The molecule has 0 aromatic heterocycles. The number of hydrogen-bond donors (Lipinski definition) is 27. The SMILES string of the molecule is CO[C@H]1[C@@H](O)[C@@H](CO)O[C@@H](O[C@H]2[C@@H](O)[C@@H](CO)O[C@@H](O[C@H]3[C@H](O)[C@@H](NC(C)=O)[C@H](O[C@@H]4[C@@H](O[C@H]5[C@H](O)[C@@H](CO[C@H]6O[C@H](CO)[C@@H](O)[C@H](O)[C@@H]6O)O[C@@H](O[C@H]6[C@H](O)[C@@H](NC(C)=O)[C@H](O[C@H]7[C@H](O)[C@@H](NC(C)=O)C(O)O[C@@H]7CO)O[C@@H]6CO)[C@H]5O[C@@H]5OC[C@@H](O)[C@H](O)[C@H]5O)O[C@H](CO)[C@@H](O)[C@@H]4O)O[C@@H]3CO)[C@@H]2NC(C)=O)[C@@H]1O. The van der Waals surface area contributed by atoms with Gasteiger partial charge in [-0.15, -0.1) is 0 Å². The summed E-state index contributed by atoms with van der Waals surface area (Å²) in [5.74, 6) is -3.60. The molecule has 0 saturated carbocycles. The summed E-state index contributed by atoms with van der Waals surface area (Å²) < 4.78 is 108. The number of methoxy groups -OCH3 is 1. The number of ether oxygens (including phenoxy) is 18. The summed E-state index contributed by atoms with van der Waals surface area (Å²) in [6.45, 7) is -5.58. The van der Waals surface area contributed by atoms with Crippen LogP contribution in [0.25, 0.3) is 0 Å². The first-order valence-corrected chi connectivity index (χ1v) is 35.4. The predicted octanol–water partition coefficient (Wildman–Crippen LogP) is -18.8. The quantitative estimate of drug-likeness (QED) is 0.0331. The molecule has 49 nitrogen and oxygen atoms in total. The Morgan fingerprint density at radius 2 is 0.631 bits per heavy atom. The van der Waals surface area contributed by atoms with Crippen LogP contribution >= 0.6 is 0 Å². The molecular weight excluding hydrogens is 1520 g/mol. The van der Waals surface area contributed by atoms with Gasteiger partial charge in [0.15, 0.2) is 56.6 Å². The molecule has 0 aliphatic carbocycles. The van der Waals surface area contributed by atoms with E-state index in [9.17, 15) is 137 Å². The number of aliphatic hydroxyl groups is 23. The lowest BCUT2D eigenvalue weighted by Gasteiger charge is -2.52. The molecule has 1 unspecified atom stereocenters. The van der Waals surface area contributed by atoms with Gasteiger partial charge in [0.1, 0.15) is 213 Å². The first kappa shape index (κ1) is 91.1. The van der Waals surface area contributed by atoms with E-state index < -0.39 is 353 Å². The van der Waals surface area contributed by atoms with Crippen molar-refractivity contribution < 1.29 is 222 Å². The summed E-state index contributed by atoms with van der Waals surface area (Å²) in [5, 5.41) is 266. The molecule has 4 amide bonds. The highest BCUT2D eigenvalue weighted by molar-refractivity contribution is 5.74. The molecule has 9 heterocycles. The molecule has 0 bridgehead atoms. The Morgan fingerprint density at radius 1 is 0.288 bits per heavy atom. The van der Waals surface area contributed by atoms with Gasteiger partial charge in [0, 0.05) is 34.8 Å². The molecule has 642 valence electrons. The minimum absolute atomic E-state index is 0.786. The molecule has 27 N–H and O–H groups in total. The van der Waals surface area contributed by atoms with E-state index in [0.29, 0.717) is 0 Å². The molecular formula is C62H104N4O45. The number of aliphatic hydroxyl groups excluding tert-OH is 23. The van der Waals surface area contributed by atoms with E-state index in [-0.39, 0.29) is 0 Å². The lowest BCUT2D eigenvalue weighted by atomic mass is 9.93. The fourth-order valence-electron chi connectivity index (χ4n) is 14.4. The topological polar surface area (TPSA) is 748 Å². The number of carbonyl (C=O) groups excluding carboxylic acids is 4. The van der Waals surface area contributed by atoms with E-state index in [1.807, 2.05) is 0 Å². The van der Waals surface area contributed by atoms with Gasteiger partial charge in [-0.05, 0) is 0 Å². The van der Waals surface area contributed by atoms with Crippen molar-refractivity contribution in [2.24, 2.45) is 0 Å². The van der Waals surface area contributed by atoms with Gasteiger partial charge in [0.2, 0.25) is 23.6 Å². The van der Waals surface area contributed by atoms with Crippen molar-refractivity contribution in [3.8, 4) is 0 Å². The molecule has 44 atom stereocenters. The highest BCUT2D eigenvalue weighted by Gasteiger charge is 2.62. The molecule has 49 heteroatoms. The van der Waals surface area contributed by atoms with Crippen molar-refractivity contribution in [2.75, 3.05) is 66.6 Å². The Hall–Kier alpha value is -3.76. The van der Waals surface area contributed by atoms with Crippen LogP contribution in [-0.2, 0) is 104 Å². The van der Waals surface area contributed by atoms with Crippen LogP contribution in [0.5, 0.6) is 0 Å². The van der Waals surface area contributed by atoms with Crippen molar-refractivity contribution >= 4 is 23.6 Å². The molecule has 0 aromatic carbocycles. The van der Waals surface area contributed by atoms with E-state index in [1.54, 1.807) is 0 Å². The van der Waals surface area contributed by atoms with Crippen LogP contribution < -0.4 is 21.3 Å². The molecule has 9 rings (SSSR count). The first-order chi connectivity index (χ1) is 52.6. The van der Waals surface area contributed by atoms with E-state index in [1.165, 1.54) is 0 Å². The second kappa shape index (κ2) is 40.1. The maximum absolute atomic E-state index is 13.3. The van der Waals surface area contributed by atoms with E-state index >= 15 is 0 Å². The highest BCUT2D eigenvalue weighted by Crippen LogP contribution is 2.41. The van der Waals surface area contributed by atoms with Crippen LogP contribution in [-0.4, -0.2) is 478 Å². The van der Waals surface area contributed by atoms with Crippen LogP contribution in [0.2, 0.25) is 0 Å². The van der Waals surface area contributed by atoms with Crippen LogP contribution in [0.3, 0.4) is 0 Å². The Morgan fingerprint density at radius 3 is 1.14 bits per heavy atom. The van der Waals surface area contributed by atoms with Gasteiger partial charge >= 0.3 is 0 Å². The van der Waals surface area contributed by atoms with Gasteiger partial charge in [-0.2, -0.15) is 0 Å². The van der Waals surface area contributed by atoms with Gasteiger partial charge in [-0.25, -0.2) is 0 Å². The highest BCUT2D eigenvalue weighted by atomic mass is 16.8. The van der Waals surface area contributed by atoms with Crippen molar-refractivity contribution in [3.63, 3.8) is 0 Å². The van der Waals surface area contributed by atoms with Crippen LogP contribution in [0.15, 0.2) is 0 Å². The summed E-state index contributed by atoms with van der Waals surface area (Å²) in [6, 6.07) is -7.42. The normalized spacial score (nSPS) is 48.6. The minimum Gasteiger partial charge on any atom is -0.394 e. The summed E-state index contributed by atoms with van der Waals surface area (Å²) in [7, 11) is 1.10. The van der Waals surface area contributed by atoms with Gasteiger partial charge in [-0.3, -0.25) is 19.2 Å². The van der Waals surface area contributed by atoms with Gasteiger partial charge < -0.3 is 224 Å². The monoisotopic (exact) mass is 1620 g/mol. The molecule has 0 spiro atoms. The Bertz CT molecular complexity index is 2930. The average molecular weight is 1630 g/mol. The average Bonchev–Trinajstić information content (AvgIpc) is 0.761. The van der Waals surface area contributed by atoms with Crippen LogP contribution in [0.4, 0.5) is 0 Å². The summed E-state index contributed by atoms with van der Waals surface area (Å²) in [5.41, 5.74) is 0. The largest absolute Gasteiger partial charge is 0.394 e. The molecule has 0 radical (unpaired) electrons. The van der Waals surface area contributed by atoms with Gasteiger partial charge in [0.05, 0.1) is 59.5 Å². The molecule has 9 aliphatic heterocycles. The maximum Gasteiger partial charge on any atom is 0.217 e. The number of nitrogens with one attached hydrogen (secondary N) is 4. The zero-order valence-corrected chi connectivity index (χ0v) is 60.0. The predicted molar refractivity (Wildman–Crippen MR) is 342 cm³/mol. The first-order valence-electron chi connectivity index (χ1n) is 35.4. The third-order valence-electron chi connectivity index (χ3n) is 20.2. The van der Waals surface area contributed by atoms with Gasteiger partial charge in [0.25, 0.3) is 0 Å². The van der Waals surface area contributed by atoms with E-state index in [4.69, 9.17) is 85.3 Å². The van der Waals surface area contributed by atoms with Crippen molar-refractivity contribution in [2.45, 2.75) is 298 Å². The molecule has 9 saturated heterocycles. The molecule has 111 heavy (non-hydrogen) atoms. The number of amides is 4. The second-order valence-corrected chi connectivity index (χ2v) is 27.9. The molecule has 0 aromatic rings. The summed E-state index contributed by atoms with van der Waals surface area (Å²) in [4.78, 5) is 51.5. The van der Waals surface area contributed by atoms with E-state index in [2.05, 4.69) is 21.3 Å². The van der Waals surface area contributed by atoms with Crippen molar-refractivity contribution in [3.05, 3.63) is 0 Å². The second-order valence-electron chi connectivity index (χ2n) is 27.9. The lowest BCUT2D eigenvalue weighted by molar-refractivity contribution is -0.411. The number of hydrogen-bond acceptors (Lipinski definition) is 45. The zero-order valence-electron chi connectivity index (χ0n) is 60.0. The Labute approximate surface area is 629 Å². The lowest BCUT2D eigenvalue weighted by Crippen LogP contribution is -2.72. The van der Waals surface area contributed by atoms with Crippen LogP contribution in [0.1, 0.15) is 27.7 Å². The molecule has 9 fully saturated rings. The summed E-state index contributed by atoms with van der Waals surface area (Å²) >= 11 is 0. The third-order valence-corrected chi connectivity index (χ3v) is 20.2.